The van der Waals surface area contributed by atoms with Crippen LogP contribution in [0.25, 0.3) is 22.5 Å². The molecule has 0 radical (unpaired) electrons. The van der Waals surface area contributed by atoms with Crippen LogP contribution in [0.15, 0.2) is 115 Å². The summed E-state index contributed by atoms with van der Waals surface area (Å²) in [6.45, 7) is 2.17. The van der Waals surface area contributed by atoms with Crippen LogP contribution < -0.4 is 9.47 Å². The van der Waals surface area contributed by atoms with E-state index >= 15 is 0 Å². The van der Waals surface area contributed by atoms with Crippen molar-refractivity contribution < 1.29 is 9.47 Å². The first-order chi connectivity index (χ1) is 18.7. The quantitative estimate of drug-likeness (QED) is 0.206. The smallest absolute Gasteiger partial charge is 0.119 e. The Morgan fingerprint density at radius 2 is 1.03 bits per heavy atom. The van der Waals surface area contributed by atoms with Crippen LogP contribution in [0.3, 0.4) is 0 Å². The highest BCUT2D eigenvalue weighted by Gasteiger charge is 2.12. The summed E-state index contributed by atoms with van der Waals surface area (Å²) >= 11 is 0. The molecule has 0 atom stereocenters. The third-order valence-electron chi connectivity index (χ3n) is 6.36. The Hall–Kier alpha value is -4.48. The summed E-state index contributed by atoms with van der Waals surface area (Å²) in [7, 11) is 3.36. The molecule has 0 saturated carbocycles. The lowest BCUT2D eigenvalue weighted by Gasteiger charge is -2.22. The zero-order valence-corrected chi connectivity index (χ0v) is 21.7. The molecule has 0 spiro atoms. The van der Waals surface area contributed by atoms with Gasteiger partial charge in [-0.1, -0.05) is 66.7 Å². The van der Waals surface area contributed by atoms with Gasteiger partial charge in [0, 0.05) is 30.8 Å². The summed E-state index contributed by atoms with van der Waals surface area (Å²) < 4.78 is 10.8. The second kappa shape index (κ2) is 12.2. The first kappa shape index (κ1) is 25.2. The maximum atomic E-state index is 5.41. The molecule has 5 rings (SSSR count). The van der Waals surface area contributed by atoms with Crippen molar-refractivity contribution in [3.8, 4) is 34.0 Å². The van der Waals surface area contributed by atoms with Crippen molar-refractivity contribution in [3.05, 3.63) is 132 Å². The number of aromatic nitrogens is 2. The highest BCUT2D eigenvalue weighted by molar-refractivity contribution is 5.62. The molecule has 5 aromatic rings. The molecule has 0 aliphatic rings. The fourth-order valence-electron chi connectivity index (χ4n) is 4.49. The van der Waals surface area contributed by atoms with Crippen molar-refractivity contribution >= 4 is 0 Å². The number of rotatable bonds is 10. The van der Waals surface area contributed by atoms with Crippen LogP contribution >= 0.6 is 0 Å². The molecular formula is C33H31N3O2. The molecule has 38 heavy (non-hydrogen) atoms. The minimum atomic E-state index is 0.692. The predicted molar refractivity (Wildman–Crippen MR) is 152 cm³/mol. The van der Waals surface area contributed by atoms with Crippen LogP contribution in [0.5, 0.6) is 11.5 Å². The Morgan fingerprint density at radius 3 is 1.53 bits per heavy atom. The van der Waals surface area contributed by atoms with Gasteiger partial charge < -0.3 is 9.47 Å². The van der Waals surface area contributed by atoms with Gasteiger partial charge in [0.25, 0.3) is 0 Å². The predicted octanol–water partition coefficient (Wildman–Crippen LogP) is 7.03. The van der Waals surface area contributed by atoms with Gasteiger partial charge in [0.1, 0.15) is 11.5 Å². The van der Waals surface area contributed by atoms with Crippen molar-refractivity contribution in [2.45, 2.75) is 19.6 Å². The molecule has 0 unspecified atom stereocenters. The van der Waals surface area contributed by atoms with Crippen molar-refractivity contribution in [1.29, 1.82) is 0 Å². The van der Waals surface area contributed by atoms with Crippen LogP contribution in [0.1, 0.15) is 17.0 Å². The van der Waals surface area contributed by atoms with Gasteiger partial charge in [-0.25, -0.2) is 0 Å². The van der Waals surface area contributed by atoms with Gasteiger partial charge >= 0.3 is 0 Å². The van der Waals surface area contributed by atoms with Crippen LogP contribution in [0, 0.1) is 0 Å². The van der Waals surface area contributed by atoms with Crippen LogP contribution in [0.4, 0.5) is 0 Å². The zero-order valence-electron chi connectivity index (χ0n) is 21.7. The Morgan fingerprint density at radius 1 is 0.526 bits per heavy atom. The average Bonchev–Trinajstić information content (AvgIpc) is 2.98. The van der Waals surface area contributed by atoms with Gasteiger partial charge in [0.2, 0.25) is 0 Å². The molecule has 190 valence electrons. The van der Waals surface area contributed by atoms with E-state index in [1.807, 2.05) is 54.6 Å². The highest BCUT2D eigenvalue weighted by atomic mass is 16.5. The summed E-state index contributed by atoms with van der Waals surface area (Å²) in [5, 5.41) is 0. The number of ether oxygens (including phenoxy) is 2. The van der Waals surface area contributed by atoms with E-state index in [1.54, 1.807) is 14.2 Å². The number of hydrogen-bond donors (Lipinski definition) is 0. The largest absolute Gasteiger partial charge is 0.497 e. The lowest BCUT2D eigenvalue weighted by atomic mass is 10.1. The normalized spacial score (nSPS) is 10.9. The van der Waals surface area contributed by atoms with Gasteiger partial charge in [-0.2, -0.15) is 0 Å². The highest BCUT2D eigenvalue weighted by Crippen LogP contribution is 2.25. The summed E-state index contributed by atoms with van der Waals surface area (Å²) in [5.41, 5.74) is 7.19. The van der Waals surface area contributed by atoms with Crippen molar-refractivity contribution in [2.24, 2.45) is 0 Å². The van der Waals surface area contributed by atoms with Gasteiger partial charge in [-0.05, 0) is 54.1 Å². The number of benzene rings is 3. The maximum Gasteiger partial charge on any atom is 0.119 e. The Bertz CT molecular complexity index is 1390. The number of hydrogen-bond acceptors (Lipinski definition) is 5. The van der Waals surface area contributed by atoms with Crippen LogP contribution in [0.2, 0.25) is 0 Å². The third kappa shape index (κ3) is 6.44. The minimum absolute atomic E-state index is 0.692. The van der Waals surface area contributed by atoms with Crippen LogP contribution in [-0.4, -0.2) is 29.1 Å². The Kier molecular flexibility index (Phi) is 8.07. The Balaban J connectivity index is 1.41. The molecule has 5 heteroatoms. The van der Waals surface area contributed by atoms with Gasteiger partial charge in [0.15, 0.2) is 0 Å². The lowest BCUT2D eigenvalue weighted by molar-refractivity contribution is 0.242. The van der Waals surface area contributed by atoms with E-state index in [1.165, 1.54) is 5.56 Å². The molecule has 5 nitrogen and oxygen atoms in total. The fraction of sp³-hybridized carbons (Fsp3) is 0.152. The second-order valence-corrected chi connectivity index (χ2v) is 9.12. The maximum absolute atomic E-state index is 5.41. The van der Waals surface area contributed by atoms with E-state index < -0.39 is 0 Å². The molecule has 0 aliphatic heterocycles. The number of pyridine rings is 2. The molecule has 0 fully saturated rings. The van der Waals surface area contributed by atoms with Crippen molar-refractivity contribution in [1.82, 2.24) is 14.9 Å². The minimum Gasteiger partial charge on any atom is -0.497 e. The average molecular weight is 502 g/mol. The number of nitrogens with zero attached hydrogens (tertiary/aromatic N) is 3. The molecule has 3 aromatic carbocycles. The summed E-state index contributed by atoms with van der Waals surface area (Å²) in [6, 6.07) is 38.9. The second-order valence-electron chi connectivity index (χ2n) is 9.12. The molecule has 0 N–H and O–H groups in total. The van der Waals surface area contributed by atoms with Gasteiger partial charge in [-0.3, -0.25) is 14.9 Å². The third-order valence-corrected chi connectivity index (χ3v) is 6.36. The van der Waals surface area contributed by atoms with Crippen LogP contribution in [-0.2, 0) is 19.6 Å². The molecular weight excluding hydrogens is 470 g/mol. The molecule has 2 heterocycles. The topological polar surface area (TPSA) is 47.5 Å². The van der Waals surface area contributed by atoms with Crippen molar-refractivity contribution in [2.75, 3.05) is 14.2 Å². The fourth-order valence-corrected chi connectivity index (χ4v) is 4.49. The SMILES string of the molecule is COc1cccc(-c2cccc(CN(Cc3ccccc3)Cc3cccc(-c4cccc(OC)c4)n3)n2)c1. The molecule has 0 bridgehead atoms. The summed E-state index contributed by atoms with van der Waals surface area (Å²) in [4.78, 5) is 12.4. The number of methoxy groups -OCH3 is 2. The van der Waals surface area contributed by atoms with E-state index in [0.29, 0.717) is 13.1 Å². The standard InChI is InChI=1S/C33H31N3O2/c1-37-30-16-6-12-26(20-30)32-18-8-14-28(34-32)23-36(22-25-10-4-3-5-11-25)24-29-15-9-19-33(35-29)27-13-7-17-31(21-27)38-2/h3-21H,22-24H2,1-2H3. The molecule has 0 aliphatic carbocycles. The summed E-state index contributed by atoms with van der Waals surface area (Å²) in [6.07, 6.45) is 0. The van der Waals surface area contributed by atoms with E-state index in [4.69, 9.17) is 19.4 Å². The monoisotopic (exact) mass is 501 g/mol. The van der Waals surface area contributed by atoms with Crippen molar-refractivity contribution in [3.63, 3.8) is 0 Å². The lowest BCUT2D eigenvalue weighted by Crippen LogP contribution is -2.23. The van der Waals surface area contributed by atoms with E-state index in [2.05, 4.69) is 65.6 Å². The Labute approximate surface area is 224 Å². The van der Waals surface area contributed by atoms with E-state index in [0.717, 1.165) is 51.9 Å². The molecule has 2 aromatic heterocycles. The van der Waals surface area contributed by atoms with E-state index in [-0.39, 0.29) is 0 Å². The zero-order chi connectivity index (χ0) is 26.2. The first-order valence-corrected chi connectivity index (χ1v) is 12.7. The van der Waals surface area contributed by atoms with Gasteiger partial charge in [0.05, 0.1) is 37.0 Å². The molecule has 0 saturated heterocycles. The first-order valence-electron chi connectivity index (χ1n) is 12.7. The summed E-state index contributed by atoms with van der Waals surface area (Å²) in [5.74, 6) is 1.64. The molecule has 0 amide bonds. The van der Waals surface area contributed by atoms with E-state index in [9.17, 15) is 0 Å². The van der Waals surface area contributed by atoms with Gasteiger partial charge in [-0.15, -0.1) is 0 Å².